The maximum absolute atomic E-state index is 5.74. The Labute approximate surface area is 110 Å². The van der Waals surface area contributed by atoms with E-state index in [0.29, 0.717) is 13.2 Å². The highest BCUT2D eigenvalue weighted by Gasteiger charge is 2.33. The lowest BCUT2D eigenvalue weighted by atomic mass is 10.1. The molecule has 106 valence electrons. The van der Waals surface area contributed by atoms with Gasteiger partial charge in [-0.3, -0.25) is 0 Å². The first kappa shape index (κ1) is 14.3. The highest BCUT2D eigenvalue weighted by Crippen LogP contribution is 2.31. The van der Waals surface area contributed by atoms with E-state index in [9.17, 15) is 0 Å². The molecule has 2 fully saturated rings. The monoisotopic (exact) mass is 258 g/mol. The minimum atomic E-state index is -0.0652. The molecule has 0 N–H and O–H groups in total. The van der Waals surface area contributed by atoms with Crippen molar-refractivity contribution in [1.29, 1.82) is 0 Å². The van der Waals surface area contributed by atoms with Crippen LogP contribution in [0.5, 0.6) is 0 Å². The van der Waals surface area contributed by atoms with Crippen molar-refractivity contribution in [3.05, 3.63) is 0 Å². The maximum Gasteiger partial charge on any atom is 0.158 e. The Morgan fingerprint density at radius 2 is 1.22 bits per heavy atom. The second-order valence-corrected chi connectivity index (χ2v) is 6.43. The van der Waals surface area contributed by atoms with Crippen molar-refractivity contribution in [1.82, 2.24) is 0 Å². The van der Waals surface area contributed by atoms with Gasteiger partial charge in [0.1, 0.15) is 0 Å². The highest BCUT2D eigenvalue weighted by atomic mass is 16.7. The third-order valence-electron chi connectivity index (χ3n) is 3.56. The van der Waals surface area contributed by atoms with E-state index in [0.717, 1.165) is 25.7 Å². The number of hydrogen-bond donors (Lipinski definition) is 0. The molecular weight excluding hydrogens is 232 g/mol. The summed E-state index contributed by atoms with van der Waals surface area (Å²) in [6, 6.07) is 0. The van der Waals surface area contributed by atoms with Crippen LogP contribution in [0.15, 0.2) is 0 Å². The summed E-state index contributed by atoms with van der Waals surface area (Å²) < 4.78 is 22.8. The Hall–Kier alpha value is -0.160. The lowest BCUT2D eigenvalue weighted by molar-refractivity contribution is -0.192. The van der Waals surface area contributed by atoms with E-state index in [1.165, 1.54) is 0 Å². The summed E-state index contributed by atoms with van der Waals surface area (Å²) in [5.41, 5.74) is -0.0752. The Morgan fingerprint density at radius 1 is 0.833 bits per heavy atom. The molecule has 0 amide bonds. The molecule has 0 aromatic carbocycles. The molecular formula is C14H26O4. The minimum Gasteiger partial charge on any atom is -0.350 e. The second-order valence-electron chi connectivity index (χ2n) is 6.43. The van der Waals surface area contributed by atoms with Gasteiger partial charge in [-0.05, 0) is 40.5 Å². The van der Waals surface area contributed by atoms with Gasteiger partial charge in [0.2, 0.25) is 0 Å². The van der Waals surface area contributed by atoms with Crippen molar-refractivity contribution in [2.75, 3.05) is 13.2 Å². The van der Waals surface area contributed by atoms with Gasteiger partial charge in [0.25, 0.3) is 0 Å². The van der Waals surface area contributed by atoms with Crippen molar-refractivity contribution in [3.63, 3.8) is 0 Å². The lowest BCUT2D eigenvalue weighted by Gasteiger charge is -2.21. The standard InChI is InChI=1S/C14H26O4/c1-13(2)7-5-11(17-13)15-9-10-16-12-6-8-14(3,4)18-12/h11-12H,5-10H2,1-4H3. The Balaban J connectivity index is 1.55. The molecule has 18 heavy (non-hydrogen) atoms. The molecule has 2 saturated heterocycles. The Morgan fingerprint density at radius 3 is 1.50 bits per heavy atom. The van der Waals surface area contributed by atoms with Crippen LogP contribution >= 0.6 is 0 Å². The van der Waals surface area contributed by atoms with Crippen LogP contribution in [0.3, 0.4) is 0 Å². The predicted molar refractivity (Wildman–Crippen MR) is 68.3 cm³/mol. The van der Waals surface area contributed by atoms with Crippen LogP contribution in [-0.2, 0) is 18.9 Å². The van der Waals surface area contributed by atoms with E-state index < -0.39 is 0 Å². The maximum atomic E-state index is 5.74. The third-order valence-corrected chi connectivity index (χ3v) is 3.56. The van der Waals surface area contributed by atoms with Gasteiger partial charge in [-0.1, -0.05) is 0 Å². The fourth-order valence-corrected chi connectivity index (χ4v) is 2.47. The van der Waals surface area contributed by atoms with Gasteiger partial charge in [0.05, 0.1) is 24.4 Å². The van der Waals surface area contributed by atoms with Gasteiger partial charge in [0, 0.05) is 12.8 Å². The average molecular weight is 258 g/mol. The summed E-state index contributed by atoms with van der Waals surface area (Å²) in [5.74, 6) is 0. The van der Waals surface area contributed by atoms with Crippen molar-refractivity contribution < 1.29 is 18.9 Å². The molecule has 2 aliphatic rings. The van der Waals surface area contributed by atoms with Crippen LogP contribution in [0, 0.1) is 0 Å². The Kier molecular flexibility index (Phi) is 4.32. The molecule has 2 rings (SSSR count). The fourth-order valence-electron chi connectivity index (χ4n) is 2.47. The average Bonchev–Trinajstić information content (AvgIpc) is 2.76. The first-order valence-corrected chi connectivity index (χ1v) is 6.95. The predicted octanol–water partition coefficient (Wildman–Crippen LogP) is 2.85. The van der Waals surface area contributed by atoms with Gasteiger partial charge in [-0.2, -0.15) is 0 Å². The molecule has 0 aromatic rings. The molecule has 0 saturated carbocycles. The van der Waals surface area contributed by atoms with E-state index in [4.69, 9.17) is 18.9 Å². The molecule has 0 radical (unpaired) electrons. The van der Waals surface area contributed by atoms with Crippen LogP contribution in [-0.4, -0.2) is 37.0 Å². The molecule has 0 bridgehead atoms. The number of ether oxygens (including phenoxy) is 4. The summed E-state index contributed by atoms with van der Waals surface area (Å²) in [5, 5.41) is 0. The Bertz CT molecular complexity index is 247. The summed E-state index contributed by atoms with van der Waals surface area (Å²) in [7, 11) is 0. The van der Waals surface area contributed by atoms with Gasteiger partial charge >= 0.3 is 0 Å². The number of rotatable bonds is 5. The quantitative estimate of drug-likeness (QED) is 0.711. The van der Waals surface area contributed by atoms with E-state index in [1.54, 1.807) is 0 Å². The SMILES string of the molecule is CC1(C)CCC(OCCOC2CCC(C)(C)O2)O1. The summed E-state index contributed by atoms with van der Waals surface area (Å²) in [6.07, 6.45) is 3.92. The summed E-state index contributed by atoms with van der Waals surface area (Å²) in [6.45, 7) is 9.54. The summed E-state index contributed by atoms with van der Waals surface area (Å²) in [4.78, 5) is 0. The van der Waals surface area contributed by atoms with Crippen LogP contribution in [0.1, 0.15) is 53.4 Å². The molecule has 4 nitrogen and oxygen atoms in total. The zero-order valence-corrected chi connectivity index (χ0v) is 12.0. The third kappa shape index (κ3) is 4.19. The van der Waals surface area contributed by atoms with Gasteiger partial charge in [0.15, 0.2) is 12.6 Å². The molecule has 2 heterocycles. The van der Waals surface area contributed by atoms with E-state index in [1.807, 2.05) is 0 Å². The van der Waals surface area contributed by atoms with E-state index in [-0.39, 0.29) is 23.8 Å². The molecule has 4 heteroatoms. The minimum absolute atomic E-state index is 0.0376. The number of hydrogen-bond acceptors (Lipinski definition) is 4. The van der Waals surface area contributed by atoms with E-state index >= 15 is 0 Å². The van der Waals surface area contributed by atoms with Gasteiger partial charge < -0.3 is 18.9 Å². The zero-order valence-electron chi connectivity index (χ0n) is 12.0. The lowest BCUT2D eigenvalue weighted by Crippen LogP contribution is -2.25. The van der Waals surface area contributed by atoms with Crippen molar-refractivity contribution in [3.8, 4) is 0 Å². The normalized spacial score (nSPS) is 34.0. The van der Waals surface area contributed by atoms with Crippen molar-refractivity contribution in [2.24, 2.45) is 0 Å². The van der Waals surface area contributed by atoms with Gasteiger partial charge in [-0.15, -0.1) is 0 Å². The second kappa shape index (κ2) is 5.45. The highest BCUT2D eigenvalue weighted by molar-refractivity contribution is 4.77. The summed E-state index contributed by atoms with van der Waals surface area (Å²) >= 11 is 0. The van der Waals surface area contributed by atoms with Crippen molar-refractivity contribution >= 4 is 0 Å². The molecule has 2 unspecified atom stereocenters. The molecule has 0 aromatic heterocycles. The van der Waals surface area contributed by atoms with Gasteiger partial charge in [-0.25, -0.2) is 0 Å². The first-order chi connectivity index (χ1) is 8.36. The van der Waals surface area contributed by atoms with Crippen LogP contribution < -0.4 is 0 Å². The molecule has 2 aliphatic heterocycles. The smallest absolute Gasteiger partial charge is 0.158 e. The largest absolute Gasteiger partial charge is 0.350 e. The fraction of sp³-hybridized carbons (Fsp3) is 1.00. The zero-order chi connectivity index (χ0) is 13.2. The first-order valence-electron chi connectivity index (χ1n) is 6.95. The van der Waals surface area contributed by atoms with Crippen LogP contribution in [0.4, 0.5) is 0 Å². The molecule has 2 atom stereocenters. The van der Waals surface area contributed by atoms with Crippen LogP contribution in [0.2, 0.25) is 0 Å². The molecule has 0 aliphatic carbocycles. The molecule has 0 spiro atoms. The van der Waals surface area contributed by atoms with E-state index in [2.05, 4.69) is 27.7 Å². The van der Waals surface area contributed by atoms with Crippen molar-refractivity contribution in [2.45, 2.75) is 77.2 Å². The topological polar surface area (TPSA) is 36.9 Å². The van der Waals surface area contributed by atoms with Crippen LogP contribution in [0.25, 0.3) is 0 Å².